The fourth-order valence-corrected chi connectivity index (χ4v) is 4.29. The summed E-state index contributed by atoms with van der Waals surface area (Å²) in [6.45, 7) is 4.71. The van der Waals surface area contributed by atoms with Crippen LogP contribution in [0.15, 0.2) is 41.4 Å². The molecule has 0 spiro atoms. The Kier molecular flexibility index (Phi) is 6.00. The minimum absolute atomic E-state index is 0.0731. The number of carbonyl (C=O) groups excluding carboxylic acids is 1. The molecule has 0 fully saturated rings. The Morgan fingerprint density at radius 2 is 1.89 bits per heavy atom. The van der Waals surface area contributed by atoms with Crippen LogP contribution in [0.3, 0.4) is 0 Å². The van der Waals surface area contributed by atoms with E-state index >= 15 is 0 Å². The van der Waals surface area contributed by atoms with E-state index in [1.165, 1.54) is 23.5 Å². The van der Waals surface area contributed by atoms with Gasteiger partial charge in [0.25, 0.3) is 5.91 Å². The molecule has 0 saturated carbocycles. The number of halogens is 3. The number of hydrogen-bond acceptors (Lipinski definition) is 3. The highest BCUT2D eigenvalue weighted by molar-refractivity contribution is 7.98. The first-order valence-electron chi connectivity index (χ1n) is 8.56. The van der Waals surface area contributed by atoms with Crippen LogP contribution < -0.4 is 4.80 Å². The summed E-state index contributed by atoms with van der Waals surface area (Å²) in [5, 5.41) is 0. The van der Waals surface area contributed by atoms with Gasteiger partial charge in [-0.3, -0.25) is 4.79 Å². The van der Waals surface area contributed by atoms with Gasteiger partial charge in [0.2, 0.25) is 0 Å². The molecular formula is C20H19F3N2OS2. The van der Waals surface area contributed by atoms with Crippen LogP contribution in [0.4, 0.5) is 13.2 Å². The van der Waals surface area contributed by atoms with Gasteiger partial charge in [0, 0.05) is 17.9 Å². The maximum atomic E-state index is 12.9. The van der Waals surface area contributed by atoms with Gasteiger partial charge in [0.05, 0.1) is 15.8 Å². The maximum absolute atomic E-state index is 12.9. The second-order valence-corrected chi connectivity index (χ2v) is 8.42. The molecule has 1 aromatic heterocycles. The molecule has 0 aliphatic heterocycles. The van der Waals surface area contributed by atoms with Crippen LogP contribution >= 0.6 is 23.1 Å². The third kappa shape index (κ3) is 4.33. The first-order chi connectivity index (χ1) is 13.2. The standard InChI is InChI=1S/C20H19F3N2OS2/c1-12-9-16-17(10-13(12)2)28-19(25(16)7-8-27-3)24-18(26)14-5-4-6-15(11-14)20(21,22)23/h4-6,9-11H,7-8H2,1-3H3. The Morgan fingerprint density at radius 1 is 1.18 bits per heavy atom. The second-order valence-electron chi connectivity index (χ2n) is 6.43. The number of alkyl halides is 3. The zero-order valence-corrected chi connectivity index (χ0v) is 17.3. The fraction of sp³-hybridized carbons (Fsp3) is 0.300. The van der Waals surface area contributed by atoms with Crippen LogP contribution in [0.2, 0.25) is 0 Å². The van der Waals surface area contributed by atoms with Crippen LogP contribution in [0, 0.1) is 13.8 Å². The summed E-state index contributed by atoms with van der Waals surface area (Å²) < 4.78 is 41.8. The molecular weight excluding hydrogens is 405 g/mol. The van der Waals surface area contributed by atoms with Gasteiger partial charge in [-0.2, -0.15) is 29.9 Å². The topological polar surface area (TPSA) is 34.4 Å². The van der Waals surface area contributed by atoms with Crippen molar-refractivity contribution in [2.75, 3.05) is 12.0 Å². The molecule has 0 saturated heterocycles. The molecule has 2 aromatic carbocycles. The van der Waals surface area contributed by atoms with Crippen molar-refractivity contribution in [2.45, 2.75) is 26.6 Å². The number of aromatic nitrogens is 1. The summed E-state index contributed by atoms with van der Waals surface area (Å²) in [5.74, 6) is 0.160. The van der Waals surface area contributed by atoms with Crippen molar-refractivity contribution < 1.29 is 18.0 Å². The van der Waals surface area contributed by atoms with Gasteiger partial charge in [-0.25, -0.2) is 0 Å². The first-order valence-corrected chi connectivity index (χ1v) is 10.8. The SMILES string of the molecule is CSCCn1c(=NC(=O)c2cccc(C(F)(F)F)c2)sc2cc(C)c(C)cc21. The number of nitrogens with zero attached hydrogens (tertiary/aromatic N) is 2. The van der Waals surface area contributed by atoms with Gasteiger partial charge in [-0.15, -0.1) is 0 Å². The van der Waals surface area contributed by atoms with Crippen molar-refractivity contribution in [2.24, 2.45) is 4.99 Å². The Balaban J connectivity index is 2.11. The van der Waals surface area contributed by atoms with Crippen molar-refractivity contribution in [1.82, 2.24) is 4.57 Å². The van der Waals surface area contributed by atoms with Crippen molar-refractivity contribution in [1.29, 1.82) is 0 Å². The van der Waals surface area contributed by atoms with E-state index in [-0.39, 0.29) is 5.56 Å². The number of aryl methyl sites for hydroxylation is 3. The summed E-state index contributed by atoms with van der Waals surface area (Å²) in [7, 11) is 0. The molecule has 1 amide bonds. The zero-order valence-electron chi connectivity index (χ0n) is 15.6. The Morgan fingerprint density at radius 3 is 2.57 bits per heavy atom. The molecule has 8 heteroatoms. The summed E-state index contributed by atoms with van der Waals surface area (Å²) in [6.07, 6.45) is -2.50. The first kappa shape index (κ1) is 20.7. The van der Waals surface area contributed by atoms with E-state index in [0.29, 0.717) is 11.3 Å². The third-order valence-electron chi connectivity index (χ3n) is 4.45. The molecule has 0 N–H and O–H groups in total. The maximum Gasteiger partial charge on any atom is 0.416 e. The Bertz CT molecular complexity index is 1100. The van der Waals surface area contributed by atoms with Crippen LogP contribution in [0.5, 0.6) is 0 Å². The Labute approximate surface area is 168 Å². The van der Waals surface area contributed by atoms with E-state index in [9.17, 15) is 18.0 Å². The van der Waals surface area contributed by atoms with Crippen molar-refractivity contribution >= 4 is 39.2 Å². The summed E-state index contributed by atoms with van der Waals surface area (Å²) in [4.78, 5) is 17.2. The highest BCUT2D eigenvalue weighted by Gasteiger charge is 2.30. The highest BCUT2D eigenvalue weighted by atomic mass is 32.2. The Hall–Kier alpha value is -2.06. The predicted octanol–water partition coefficient (Wildman–Crippen LogP) is 5.44. The largest absolute Gasteiger partial charge is 0.416 e. The van der Waals surface area contributed by atoms with E-state index < -0.39 is 17.6 Å². The molecule has 3 aromatic rings. The summed E-state index contributed by atoms with van der Waals surface area (Å²) in [6, 6.07) is 8.49. The van der Waals surface area contributed by atoms with Gasteiger partial charge >= 0.3 is 6.18 Å². The number of rotatable bonds is 4. The summed E-state index contributed by atoms with van der Waals surface area (Å²) in [5.41, 5.74) is 2.33. The number of amides is 1. The normalized spacial score (nSPS) is 12.7. The second kappa shape index (κ2) is 8.13. The van der Waals surface area contributed by atoms with E-state index in [4.69, 9.17) is 0 Å². The fourth-order valence-electron chi connectivity index (χ4n) is 2.79. The molecule has 0 bridgehead atoms. The van der Waals surface area contributed by atoms with E-state index in [1.807, 2.05) is 24.7 Å². The van der Waals surface area contributed by atoms with Crippen molar-refractivity contribution in [3.63, 3.8) is 0 Å². The monoisotopic (exact) mass is 424 g/mol. The average Bonchev–Trinajstić information content (AvgIpc) is 2.95. The summed E-state index contributed by atoms with van der Waals surface area (Å²) >= 11 is 3.05. The highest BCUT2D eigenvalue weighted by Crippen LogP contribution is 2.29. The predicted molar refractivity (Wildman–Crippen MR) is 109 cm³/mol. The molecule has 1 heterocycles. The van der Waals surface area contributed by atoms with Crippen LogP contribution in [0.25, 0.3) is 10.2 Å². The molecule has 0 unspecified atom stereocenters. The smallest absolute Gasteiger partial charge is 0.315 e. The minimum Gasteiger partial charge on any atom is -0.315 e. The van der Waals surface area contributed by atoms with Gasteiger partial charge in [-0.1, -0.05) is 17.4 Å². The number of fused-ring (bicyclic) bond motifs is 1. The van der Waals surface area contributed by atoms with Crippen LogP contribution in [0.1, 0.15) is 27.0 Å². The molecule has 0 aliphatic carbocycles. The molecule has 0 atom stereocenters. The molecule has 3 nitrogen and oxygen atoms in total. The number of hydrogen-bond donors (Lipinski definition) is 0. The quantitative estimate of drug-likeness (QED) is 0.559. The third-order valence-corrected chi connectivity index (χ3v) is 6.08. The molecule has 28 heavy (non-hydrogen) atoms. The number of benzene rings is 2. The number of thioether (sulfide) groups is 1. The van der Waals surface area contributed by atoms with Crippen LogP contribution in [-0.4, -0.2) is 22.5 Å². The number of carbonyl (C=O) groups is 1. The van der Waals surface area contributed by atoms with Gasteiger partial charge in [0.1, 0.15) is 0 Å². The molecule has 0 aliphatic rings. The minimum atomic E-state index is -4.50. The lowest BCUT2D eigenvalue weighted by atomic mass is 10.1. The molecule has 0 radical (unpaired) electrons. The van der Waals surface area contributed by atoms with Gasteiger partial charge < -0.3 is 4.57 Å². The zero-order chi connectivity index (χ0) is 20.5. The van der Waals surface area contributed by atoms with Gasteiger partial charge in [0.15, 0.2) is 4.80 Å². The van der Waals surface area contributed by atoms with Crippen molar-refractivity contribution in [3.05, 3.63) is 63.5 Å². The number of thiazole rings is 1. The van der Waals surface area contributed by atoms with Crippen molar-refractivity contribution in [3.8, 4) is 0 Å². The van der Waals surface area contributed by atoms with E-state index in [1.54, 1.807) is 11.8 Å². The van der Waals surface area contributed by atoms with E-state index in [0.717, 1.165) is 39.2 Å². The van der Waals surface area contributed by atoms with E-state index in [2.05, 4.69) is 17.1 Å². The lowest BCUT2D eigenvalue weighted by Gasteiger charge is -2.07. The van der Waals surface area contributed by atoms with Gasteiger partial charge in [-0.05, 0) is 61.6 Å². The molecule has 3 rings (SSSR count). The lowest BCUT2D eigenvalue weighted by molar-refractivity contribution is -0.137. The average molecular weight is 425 g/mol. The lowest BCUT2D eigenvalue weighted by Crippen LogP contribution is -2.18. The molecule has 148 valence electrons. The van der Waals surface area contributed by atoms with Crippen LogP contribution in [-0.2, 0) is 12.7 Å².